The van der Waals surface area contributed by atoms with Gasteiger partial charge in [0.05, 0.1) is 11.1 Å². The van der Waals surface area contributed by atoms with E-state index in [2.05, 4.69) is 44.5 Å². The van der Waals surface area contributed by atoms with Crippen molar-refractivity contribution in [3.63, 3.8) is 0 Å². The average Bonchev–Trinajstić information content (AvgIpc) is 2.75. The number of fused-ring (bicyclic) bond motifs is 1. The number of nitrogens with zero attached hydrogens (tertiary/aromatic N) is 1. The molecule has 1 N–H and O–H groups in total. The van der Waals surface area contributed by atoms with E-state index in [1.165, 1.54) is 5.56 Å². The van der Waals surface area contributed by atoms with E-state index in [1.807, 2.05) is 6.07 Å². The Morgan fingerprint density at radius 2 is 1.95 bits per heavy atom. The van der Waals surface area contributed by atoms with Gasteiger partial charge in [-0.1, -0.05) is 13.8 Å². The van der Waals surface area contributed by atoms with Crippen LogP contribution in [0.2, 0.25) is 0 Å². The Morgan fingerprint density at radius 3 is 2.42 bits per heavy atom. The number of aryl methyl sites for hydroxylation is 2. The molecular formula is C16H21NO2. The molecule has 0 aliphatic heterocycles. The lowest BCUT2D eigenvalue weighted by atomic mass is 10.0. The first kappa shape index (κ1) is 13.7. The molecule has 0 saturated carbocycles. The molecule has 2 aromatic rings. The molecule has 3 nitrogen and oxygen atoms in total. The van der Waals surface area contributed by atoms with Gasteiger partial charge in [-0.25, -0.2) is 4.79 Å². The standard InChI is InChI=1S/C16H21NO2/c1-5-11-7-13-12(6-2)9-17(10(3)4)15(13)14(8-11)16(18)19/h7-10H,5-6H2,1-4H3,(H,18,19). The summed E-state index contributed by atoms with van der Waals surface area (Å²) in [7, 11) is 0. The monoisotopic (exact) mass is 259 g/mol. The zero-order chi connectivity index (χ0) is 14.2. The minimum atomic E-state index is -0.844. The summed E-state index contributed by atoms with van der Waals surface area (Å²) < 4.78 is 2.08. The number of rotatable bonds is 4. The van der Waals surface area contributed by atoms with E-state index < -0.39 is 5.97 Å². The molecule has 0 atom stereocenters. The van der Waals surface area contributed by atoms with Crippen molar-refractivity contribution < 1.29 is 9.90 Å². The second kappa shape index (κ2) is 5.08. The third-order valence-electron chi connectivity index (χ3n) is 3.64. The zero-order valence-corrected chi connectivity index (χ0v) is 12.0. The summed E-state index contributed by atoms with van der Waals surface area (Å²) >= 11 is 0. The summed E-state index contributed by atoms with van der Waals surface area (Å²) in [4.78, 5) is 11.5. The molecule has 0 bridgehead atoms. The third-order valence-corrected chi connectivity index (χ3v) is 3.64. The summed E-state index contributed by atoms with van der Waals surface area (Å²) in [6.45, 7) is 8.33. The number of aromatic carboxylic acids is 1. The largest absolute Gasteiger partial charge is 0.478 e. The number of aromatic nitrogens is 1. The summed E-state index contributed by atoms with van der Waals surface area (Å²) in [5, 5.41) is 10.6. The van der Waals surface area contributed by atoms with E-state index >= 15 is 0 Å². The highest BCUT2D eigenvalue weighted by Crippen LogP contribution is 2.30. The molecule has 2 rings (SSSR count). The van der Waals surface area contributed by atoms with Gasteiger partial charge >= 0.3 is 5.97 Å². The van der Waals surface area contributed by atoms with Crippen LogP contribution < -0.4 is 0 Å². The maximum absolute atomic E-state index is 11.5. The fraction of sp³-hybridized carbons (Fsp3) is 0.438. The molecule has 1 heterocycles. The van der Waals surface area contributed by atoms with Crippen LogP contribution in [-0.2, 0) is 12.8 Å². The Balaban J connectivity index is 2.89. The third kappa shape index (κ3) is 2.25. The number of benzene rings is 1. The van der Waals surface area contributed by atoms with Gasteiger partial charge in [-0.05, 0) is 49.9 Å². The van der Waals surface area contributed by atoms with Gasteiger partial charge in [-0.2, -0.15) is 0 Å². The van der Waals surface area contributed by atoms with Gasteiger partial charge in [0.1, 0.15) is 0 Å². The average molecular weight is 259 g/mol. The molecule has 0 radical (unpaired) electrons. The Morgan fingerprint density at radius 1 is 1.26 bits per heavy atom. The van der Waals surface area contributed by atoms with Crippen molar-refractivity contribution in [1.29, 1.82) is 0 Å². The highest BCUT2D eigenvalue weighted by atomic mass is 16.4. The number of carboxylic acids is 1. The van der Waals surface area contributed by atoms with Gasteiger partial charge in [-0.3, -0.25) is 0 Å². The topological polar surface area (TPSA) is 42.2 Å². The van der Waals surface area contributed by atoms with Crippen molar-refractivity contribution in [2.45, 2.75) is 46.6 Å². The molecule has 3 heteroatoms. The molecule has 1 aromatic carbocycles. The van der Waals surface area contributed by atoms with E-state index in [9.17, 15) is 9.90 Å². The van der Waals surface area contributed by atoms with Crippen LogP contribution in [0, 0.1) is 0 Å². The Kier molecular flexibility index (Phi) is 3.65. The number of carboxylic acid groups (broad SMARTS) is 1. The van der Waals surface area contributed by atoms with Gasteiger partial charge in [0.25, 0.3) is 0 Å². The highest BCUT2D eigenvalue weighted by molar-refractivity contribution is 6.04. The number of hydrogen-bond acceptors (Lipinski definition) is 1. The van der Waals surface area contributed by atoms with Crippen LogP contribution >= 0.6 is 0 Å². The number of hydrogen-bond donors (Lipinski definition) is 1. The molecule has 1 aromatic heterocycles. The maximum atomic E-state index is 11.5. The fourth-order valence-electron chi connectivity index (χ4n) is 2.58. The summed E-state index contributed by atoms with van der Waals surface area (Å²) in [6, 6.07) is 4.20. The van der Waals surface area contributed by atoms with Crippen molar-refractivity contribution in [3.05, 3.63) is 35.0 Å². The first-order chi connectivity index (χ1) is 8.99. The predicted molar refractivity (Wildman–Crippen MR) is 78.0 cm³/mol. The molecule has 19 heavy (non-hydrogen) atoms. The fourth-order valence-corrected chi connectivity index (χ4v) is 2.58. The van der Waals surface area contributed by atoms with Crippen LogP contribution in [0.15, 0.2) is 18.3 Å². The molecular weight excluding hydrogens is 238 g/mol. The molecule has 0 unspecified atom stereocenters. The Bertz CT molecular complexity index is 623. The minimum Gasteiger partial charge on any atom is -0.478 e. The van der Waals surface area contributed by atoms with E-state index in [4.69, 9.17) is 0 Å². The molecule has 0 fully saturated rings. The van der Waals surface area contributed by atoms with Crippen LogP contribution in [0.3, 0.4) is 0 Å². The van der Waals surface area contributed by atoms with E-state index in [1.54, 1.807) is 0 Å². The second-order valence-electron chi connectivity index (χ2n) is 5.21. The maximum Gasteiger partial charge on any atom is 0.337 e. The van der Waals surface area contributed by atoms with Gasteiger partial charge in [0.2, 0.25) is 0 Å². The van der Waals surface area contributed by atoms with Crippen molar-refractivity contribution in [3.8, 4) is 0 Å². The van der Waals surface area contributed by atoms with Gasteiger partial charge in [0.15, 0.2) is 0 Å². The number of carbonyl (C=O) groups is 1. The van der Waals surface area contributed by atoms with Crippen LogP contribution in [0.4, 0.5) is 0 Å². The lowest BCUT2D eigenvalue weighted by molar-refractivity contribution is 0.0698. The Hall–Kier alpha value is -1.77. The van der Waals surface area contributed by atoms with Crippen molar-refractivity contribution in [2.75, 3.05) is 0 Å². The molecule has 0 spiro atoms. The van der Waals surface area contributed by atoms with Crippen molar-refractivity contribution in [1.82, 2.24) is 4.57 Å². The van der Waals surface area contributed by atoms with E-state index in [0.29, 0.717) is 5.56 Å². The second-order valence-corrected chi connectivity index (χ2v) is 5.21. The first-order valence-electron chi connectivity index (χ1n) is 6.89. The van der Waals surface area contributed by atoms with Crippen molar-refractivity contribution in [2.24, 2.45) is 0 Å². The van der Waals surface area contributed by atoms with Gasteiger partial charge < -0.3 is 9.67 Å². The smallest absolute Gasteiger partial charge is 0.337 e. The van der Waals surface area contributed by atoms with Crippen LogP contribution in [-0.4, -0.2) is 15.6 Å². The normalized spacial score (nSPS) is 11.4. The van der Waals surface area contributed by atoms with E-state index in [-0.39, 0.29) is 6.04 Å². The molecule has 0 aliphatic carbocycles. The first-order valence-corrected chi connectivity index (χ1v) is 6.89. The molecule has 0 aliphatic rings. The van der Waals surface area contributed by atoms with Gasteiger partial charge in [0, 0.05) is 17.6 Å². The SMILES string of the molecule is CCc1cc(C(=O)O)c2c(c1)c(CC)cn2C(C)C. The van der Waals surface area contributed by atoms with Crippen LogP contribution in [0.1, 0.15) is 55.2 Å². The highest BCUT2D eigenvalue weighted by Gasteiger charge is 2.18. The summed E-state index contributed by atoms with van der Waals surface area (Å²) in [5.41, 5.74) is 3.59. The van der Waals surface area contributed by atoms with E-state index in [0.717, 1.165) is 29.3 Å². The Labute approximate surface area is 113 Å². The minimum absolute atomic E-state index is 0.258. The molecule has 0 saturated heterocycles. The lowest BCUT2D eigenvalue weighted by Gasteiger charge is -2.12. The molecule has 102 valence electrons. The quantitative estimate of drug-likeness (QED) is 0.900. The summed E-state index contributed by atoms with van der Waals surface area (Å²) in [5.74, 6) is -0.844. The lowest BCUT2D eigenvalue weighted by Crippen LogP contribution is -2.05. The molecule has 0 amide bonds. The van der Waals surface area contributed by atoms with Gasteiger partial charge in [-0.15, -0.1) is 0 Å². The predicted octanol–water partition coefficient (Wildman–Crippen LogP) is 4.05. The van der Waals surface area contributed by atoms with Crippen LogP contribution in [0.25, 0.3) is 10.9 Å². The van der Waals surface area contributed by atoms with Crippen molar-refractivity contribution >= 4 is 16.9 Å². The van der Waals surface area contributed by atoms with Crippen LogP contribution in [0.5, 0.6) is 0 Å². The summed E-state index contributed by atoms with van der Waals surface area (Å²) in [6.07, 6.45) is 3.87. The zero-order valence-electron chi connectivity index (χ0n) is 12.0.